The van der Waals surface area contributed by atoms with Crippen molar-refractivity contribution in [2.45, 2.75) is 19.8 Å². The van der Waals surface area contributed by atoms with Crippen LogP contribution < -0.4 is 0 Å². The Bertz CT molecular complexity index is 449. The predicted molar refractivity (Wildman–Crippen MR) is 64.0 cm³/mol. The van der Waals surface area contributed by atoms with Crippen molar-refractivity contribution < 1.29 is 9.53 Å². The van der Waals surface area contributed by atoms with E-state index in [1.54, 1.807) is 12.1 Å². The van der Waals surface area contributed by atoms with E-state index in [0.29, 0.717) is 5.56 Å². The van der Waals surface area contributed by atoms with E-state index < -0.39 is 0 Å². The Hall–Kier alpha value is -1.34. The summed E-state index contributed by atoms with van der Waals surface area (Å²) in [6, 6.07) is 5.57. The largest absolute Gasteiger partial charge is 0.469 e. The summed E-state index contributed by atoms with van der Waals surface area (Å²) in [5.41, 5.74) is 2.44. The van der Waals surface area contributed by atoms with Gasteiger partial charge in [-0.2, -0.15) is 5.26 Å². The molecule has 0 unspecified atom stereocenters. The summed E-state index contributed by atoms with van der Waals surface area (Å²) < 4.78 is 5.50. The van der Waals surface area contributed by atoms with E-state index in [1.165, 1.54) is 7.11 Å². The van der Waals surface area contributed by atoms with Gasteiger partial charge in [-0.1, -0.05) is 22.9 Å². The average molecular weight is 282 g/mol. The fraction of sp³-hybridized carbons (Fsp3) is 0.333. The Morgan fingerprint density at radius 3 is 2.75 bits per heavy atom. The van der Waals surface area contributed by atoms with Crippen LogP contribution in [0.25, 0.3) is 0 Å². The summed E-state index contributed by atoms with van der Waals surface area (Å²) in [6.45, 7) is 2.01. The van der Waals surface area contributed by atoms with E-state index in [2.05, 4.69) is 26.7 Å². The maximum Gasteiger partial charge on any atom is 0.309 e. The molecule has 0 N–H and O–H groups in total. The normalized spacial score (nSPS) is 9.62. The molecule has 1 rings (SSSR count). The third-order valence-electron chi connectivity index (χ3n) is 2.33. The highest BCUT2D eigenvalue weighted by molar-refractivity contribution is 9.10. The summed E-state index contributed by atoms with van der Waals surface area (Å²) in [5, 5.41) is 8.85. The minimum atomic E-state index is -0.295. The smallest absolute Gasteiger partial charge is 0.309 e. The van der Waals surface area contributed by atoms with Crippen LogP contribution >= 0.6 is 15.9 Å². The molecular weight excluding hydrogens is 270 g/mol. The van der Waals surface area contributed by atoms with Crippen molar-refractivity contribution in [3.05, 3.63) is 33.3 Å². The van der Waals surface area contributed by atoms with E-state index in [1.807, 2.05) is 6.92 Å². The number of benzene rings is 1. The number of nitriles is 1. The number of carbonyl (C=O) groups is 1. The fourth-order valence-corrected chi connectivity index (χ4v) is 2.32. The monoisotopic (exact) mass is 281 g/mol. The van der Waals surface area contributed by atoms with E-state index in [-0.39, 0.29) is 12.4 Å². The highest BCUT2D eigenvalue weighted by Crippen LogP contribution is 2.24. The Kier molecular flexibility index (Phi) is 4.51. The second-order valence-electron chi connectivity index (χ2n) is 3.31. The zero-order valence-electron chi connectivity index (χ0n) is 9.21. The molecule has 0 radical (unpaired) electrons. The molecule has 0 amide bonds. The molecule has 0 aromatic heterocycles. The van der Waals surface area contributed by atoms with Gasteiger partial charge in [-0.3, -0.25) is 4.79 Å². The summed E-state index contributed by atoms with van der Waals surface area (Å²) >= 11 is 3.41. The molecule has 0 heterocycles. The number of halogens is 1. The van der Waals surface area contributed by atoms with Crippen LogP contribution in [0.2, 0.25) is 0 Å². The molecule has 0 saturated carbocycles. The molecule has 0 bridgehead atoms. The van der Waals surface area contributed by atoms with Crippen molar-refractivity contribution in [2.75, 3.05) is 7.11 Å². The minimum absolute atomic E-state index is 0.202. The molecule has 0 fully saturated rings. The van der Waals surface area contributed by atoms with Crippen LogP contribution in [0.4, 0.5) is 0 Å². The van der Waals surface area contributed by atoms with Crippen LogP contribution in [0.1, 0.15) is 23.6 Å². The zero-order valence-corrected chi connectivity index (χ0v) is 10.8. The minimum Gasteiger partial charge on any atom is -0.469 e. The number of hydrogen-bond acceptors (Lipinski definition) is 3. The molecule has 0 spiro atoms. The maximum atomic E-state index is 11.2. The molecule has 0 aliphatic heterocycles. The molecule has 1 aromatic carbocycles. The first kappa shape index (κ1) is 12.7. The summed E-state index contributed by atoms with van der Waals surface area (Å²) in [7, 11) is 1.36. The van der Waals surface area contributed by atoms with Crippen molar-refractivity contribution in [1.29, 1.82) is 5.26 Å². The topological polar surface area (TPSA) is 50.1 Å². The summed E-state index contributed by atoms with van der Waals surface area (Å²) in [6.07, 6.45) is 1.01. The van der Waals surface area contributed by atoms with Crippen LogP contribution in [0.3, 0.4) is 0 Å². The molecule has 1 aromatic rings. The molecule has 4 heteroatoms. The lowest BCUT2D eigenvalue weighted by atomic mass is 10.00. The van der Waals surface area contributed by atoms with Gasteiger partial charge in [-0.25, -0.2) is 0 Å². The van der Waals surface area contributed by atoms with Gasteiger partial charge in [-0.15, -0.1) is 0 Å². The molecule has 0 aliphatic carbocycles. The Morgan fingerprint density at radius 2 is 2.25 bits per heavy atom. The van der Waals surface area contributed by atoms with Crippen molar-refractivity contribution >= 4 is 21.9 Å². The molecule has 3 nitrogen and oxygen atoms in total. The standard InChI is InChI=1S/C12H12BrNO2/c1-3-10-9(6-12(15)16-2)4-8(7-14)5-11(10)13/h4-5H,3,6H2,1-2H3. The molecule has 0 aliphatic rings. The van der Waals surface area contributed by atoms with Crippen molar-refractivity contribution in [1.82, 2.24) is 0 Å². The lowest BCUT2D eigenvalue weighted by Gasteiger charge is -2.09. The van der Waals surface area contributed by atoms with E-state index in [9.17, 15) is 4.79 Å². The SMILES string of the molecule is CCc1c(Br)cc(C#N)cc1CC(=O)OC. The van der Waals surface area contributed by atoms with E-state index >= 15 is 0 Å². The highest BCUT2D eigenvalue weighted by Gasteiger charge is 2.11. The van der Waals surface area contributed by atoms with Gasteiger partial charge in [0.2, 0.25) is 0 Å². The van der Waals surface area contributed by atoms with Crippen LogP contribution in [-0.2, 0) is 22.4 Å². The van der Waals surface area contributed by atoms with Crippen molar-refractivity contribution in [3.8, 4) is 6.07 Å². The Balaban J connectivity index is 3.19. The van der Waals surface area contributed by atoms with Gasteiger partial charge in [0, 0.05) is 4.47 Å². The first-order valence-electron chi connectivity index (χ1n) is 4.90. The number of methoxy groups -OCH3 is 1. The lowest BCUT2D eigenvalue weighted by molar-refractivity contribution is -0.139. The number of carbonyl (C=O) groups excluding carboxylic acids is 1. The van der Waals surface area contributed by atoms with Crippen molar-refractivity contribution in [3.63, 3.8) is 0 Å². The van der Waals surface area contributed by atoms with Crippen LogP contribution in [-0.4, -0.2) is 13.1 Å². The Labute approximate surface area is 103 Å². The fourth-order valence-electron chi connectivity index (χ4n) is 1.54. The quantitative estimate of drug-likeness (QED) is 0.801. The maximum absolute atomic E-state index is 11.2. The van der Waals surface area contributed by atoms with Gasteiger partial charge in [0.1, 0.15) is 0 Å². The summed E-state index contributed by atoms with van der Waals surface area (Å²) in [4.78, 5) is 11.2. The molecule has 84 valence electrons. The molecular formula is C12H12BrNO2. The van der Waals surface area contributed by atoms with Gasteiger partial charge in [0.05, 0.1) is 25.2 Å². The van der Waals surface area contributed by atoms with Gasteiger partial charge in [0.15, 0.2) is 0 Å². The Morgan fingerprint density at radius 1 is 1.56 bits per heavy atom. The number of rotatable bonds is 3. The molecule has 16 heavy (non-hydrogen) atoms. The third kappa shape index (κ3) is 2.83. The first-order chi connectivity index (χ1) is 7.62. The lowest BCUT2D eigenvalue weighted by Crippen LogP contribution is -2.07. The zero-order chi connectivity index (χ0) is 12.1. The first-order valence-corrected chi connectivity index (χ1v) is 5.69. The van der Waals surface area contributed by atoms with Crippen LogP contribution in [0, 0.1) is 11.3 Å². The molecule has 0 saturated heterocycles. The van der Waals surface area contributed by atoms with Gasteiger partial charge < -0.3 is 4.74 Å². The number of hydrogen-bond donors (Lipinski definition) is 0. The van der Waals surface area contributed by atoms with Crippen molar-refractivity contribution in [2.24, 2.45) is 0 Å². The third-order valence-corrected chi connectivity index (χ3v) is 3.04. The predicted octanol–water partition coefficient (Wildman–Crippen LogP) is 2.60. The average Bonchev–Trinajstić information content (AvgIpc) is 2.28. The van der Waals surface area contributed by atoms with Gasteiger partial charge >= 0.3 is 5.97 Å². The number of ether oxygens (including phenoxy) is 1. The van der Waals surface area contributed by atoms with E-state index in [0.717, 1.165) is 22.0 Å². The van der Waals surface area contributed by atoms with Gasteiger partial charge in [-0.05, 0) is 29.7 Å². The van der Waals surface area contributed by atoms with Crippen LogP contribution in [0.15, 0.2) is 16.6 Å². The summed E-state index contributed by atoms with van der Waals surface area (Å²) in [5.74, 6) is -0.295. The number of nitrogens with zero attached hydrogens (tertiary/aromatic N) is 1. The number of esters is 1. The van der Waals surface area contributed by atoms with Crippen LogP contribution in [0.5, 0.6) is 0 Å². The second-order valence-corrected chi connectivity index (χ2v) is 4.17. The van der Waals surface area contributed by atoms with Gasteiger partial charge in [0.25, 0.3) is 0 Å². The molecule has 0 atom stereocenters. The van der Waals surface area contributed by atoms with E-state index in [4.69, 9.17) is 5.26 Å². The highest BCUT2D eigenvalue weighted by atomic mass is 79.9. The second kappa shape index (κ2) is 5.66.